The molecule has 1 saturated carbocycles. The van der Waals surface area contributed by atoms with Crippen molar-refractivity contribution in [3.8, 4) is 6.57 Å². The largest absolute Gasteiger partial charge is 0.202 e. The average Bonchev–Trinajstić information content (AvgIpc) is 2.30. The van der Waals surface area contributed by atoms with Crippen LogP contribution in [-0.4, -0.2) is 0 Å². The highest BCUT2D eigenvalue weighted by atomic mass is 14.2. The molecule has 1 aliphatic rings. The molecule has 0 amide bonds. The fourth-order valence-electron chi connectivity index (χ4n) is 0.167. The first-order valence-electron chi connectivity index (χ1n) is 2.15. The van der Waals surface area contributed by atoms with Gasteiger partial charge in [-0.3, -0.25) is 0 Å². The monoisotopic (exact) mass is 83.1 g/mol. The van der Waals surface area contributed by atoms with Crippen molar-refractivity contribution in [1.29, 1.82) is 5.26 Å². The van der Waals surface area contributed by atoms with Crippen LogP contribution in [-0.2, 0) is 0 Å². The summed E-state index contributed by atoms with van der Waals surface area (Å²) in [6, 6.07) is 0. The Kier molecular flexibility index (Phi) is 2.48. The van der Waals surface area contributed by atoms with Gasteiger partial charge >= 0.3 is 0 Å². The molecule has 0 unspecified atom stereocenters. The quantitative estimate of drug-likeness (QED) is 0.436. The van der Waals surface area contributed by atoms with Gasteiger partial charge in [-0.15, -0.1) is 0 Å². The van der Waals surface area contributed by atoms with Crippen LogP contribution >= 0.6 is 0 Å². The Morgan fingerprint density at radius 1 is 1.50 bits per heavy atom. The van der Waals surface area contributed by atoms with Gasteiger partial charge in [-0.1, -0.05) is 19.8 Å². The minimum atomic E-state index is 1.08. The lowest BCUT2D eigenvalue weighted by Crippen LogP contribution is -1.42. The Balaban J connectivity index is 0.000000112. The van der Waals surface area contributed by atoms with E-state index in [0.717, 1.165) is 5.92 Å². The Morgan fingerprint density at radius 3 is 1.67 bits per heavy atom. The molecule has 0 aliphatic heterocycles. The molecular weight excluding hydrogens is 74.1 g/mol. The van der Waals surface area contributed by atoms with Crippen LogP contribution in [0.15, 0.2) is 0 Å². The number of rotatable bonds is 0. The lowest BCUT2D eigenvalue weighted by atomic mass is 10.5. The molecule has 0 aromatic rings. The molecule has 0 spiro atoms. The summed E-state index contributed by atoms with van der Waals surface area (Å²) in [5.74, 6) is 1.08. The predicted molar refractivity (Wildman–Crippen MR) is 25.1 cm³/mol. The SMILES string of the molecule is C#N.CC1CC1. The van der Waals surface area contributed by atoms with Crippen LogP contribution in [0.1, 0.15) is 19.8 Å². The van der Waals surface area contributed by atoms with Crippen LogP contribution in [0.2, 0.25) is 0 Å². The lowest BCUT2D eigenvalue weighted by Gasteiger charge is -1.53. The molecule has 0 N–H and O–H groups in total. The maximum absolute atomic E-state index is 6.50. The highest BCUT2D eigenvalue weighted by molar-refractivity contribution is 4.65. The zero-order chi connectivity index (χ0) is 4.99. The van der Waals surface area contributed by atoms with Crippen molar-refractivity contribution in [2.24, 2.45) is 5.92 Å². The molecule has 0 aromatic carbocycles. The highest BCUT2D eigenvalue weighted by Crippen LogP contribution is 2.26. The fourth-order valence-corrected chi connectivity index (χ4v) is 0.167. The second-order valence-electron chi connectivity index (χ2n) is 1.68. The van der Waals surface area contributed by atoms with Gasteiger partial charge in [0.15, 0.2) is 0 Å². The smallest absolute Gasteiger partial charge is 0.0462 e. The maximum Gasteiger partial charge on any atom is 0.0462 e. The zero-order valence-electron chi connectivity index (χ0n) is 4.02. The van der Waals surface area contributed by atoms with Gasteiger partial charge in [-0.25, -0.2) is 5.26 Å². The predicted octanol–water partition coefficient (Wildman–Crippen LogP) is 1.56. The average molecular weight is 83.1 g/mol. The standard InChI is InChI=1S/C4H8.CHN/c1-4-2-3-4;1-2/h4H,2-3H2,1H3;1H. The fraction of sp³-hybridized carbons (Fsp3) is 0.800. The summed E-state index contributed by atoms with van der Waals surface area (Å²) < 4.78 is 0. The van der Waals surface area contributed by atoms with E-state index in [2.05, 4.69) is 13.5 Å². The van der Waals surface area contributed by atoms with E-state index in [9.17, 15) is 0 Å². The first-order valence-corrected chi connectivity index (χ1v) is 2.15. The summed E-state index contributed by atoms with van der Waals surface area (Å²) in [6.07, 6.45) is 2.97. The van der Waals surface area contributed by atoms with Gasteiger partial charge in [-0.2, -0.15) is 0 Å². The Labute approximate surface area is 38.6 Å². The number of nitriles is 1. The van der Waals surface area contributed by atoms with Crippen LogP contribution in [0.3, 0.4) is 0 Å². The van der Waals surface area contributed by atoms with Gasteiger partial charge in [0.1, 0.15) is 0 Å². The van der Waals surface area contributed by atoms with Crippen LogP contribution in [0, 0.1) is 17.8 Å². The molecule has 1 nitrogen and oxygen atoms in total. The van der Waals surface area contributed by atoms with Crippen molar-refractivity contribution in [3.63, 3.8) is 0 Å². The number of hydrogen-bond donors (Lipinski definition) is 0. The third kappa shape index (κ3) is 3.49. The second-order valence-corrected chi connectivity index (χ2v) is 1.68. The van der Waals surface area contributed by atoms with Crippen molar-refractivity contribution in [2.45, 2.75) is 19.8 Å². The summed E-state index contributed by atoms with van der Waals surface area (Å²) in [5, 5.41) is 6.50. The number of hydrogen-bond acceptors (Lipinski definition) is 1. The highest BCUT2D eigenvalue weighted by Gasteiger charge is 2.12. The van der Waals surface area contributed by atoms with Crippen LogP contribution < -0.4 is 0 Å². The number of nitrogens with zero attached hydrogens (tertiary/aromatic N) is 1. The van der Waals surface area contributed by atoms with E-state index >= 15 is 0 Å². The van der Waals surface area contributed by atoms with Gasteiger partial charge in [0.25, 0.3) is 0 Å². The van der Waals surface area contributed by atoms with E-state index in [-0.39, 0.29) is 0 Å². The third-order valence-electron chi connectivity index (χ3n) is 0.866. The van der Waals surface area contributed by atoms with Crippen molar-refractivity contribution in [1.82, 2.24) is 0 Å². The molecule has 0 atom stereocenters. The second kappa shape index (κ2) is 2.71. The molecule has 1 aliphatic carbocycles. The van der Waals surface area contributed by atoms with E-state index in [4.69, 9.17) is 5.26 Å². The molecule has 0 bridgehead atoms. The van der Waals surface area contributed by atoms with Gasteiger partial charge in [0, 0.05) is 6.57 Å². The van der Waals surface area contributed by atoms with Crippen molar-refractivity contribution in [3.05, 3.63) is 0 Å². The minimum Gasteiger partial charge on any atom is -0.202 e. The van der Waals surface area contributed by atoms with Gasteiger partial charge < -0.3 is 0 Å². The maximum atomic E-state index is 6.50. The molecule has 0 heterocycles. The van der Waals surface area contributed by atoms with E-state index in [0.29, 0.717) is 0 Å². The molecule has 1 fully saturated rings. The lowest BCUT2D eigenvalue weighted by molar-refractivity contribution is 0.983. The third-order valence-corrected chi connectivity index (χ3v) is 0.866. The summed E-state index contributed by atoms with van der Waals surface area (Å²) >= 11 is 0. The van der Waals surface area contributed by atoms with Crippen molar-refractivity contribution in [2.75, 3.05) is 0 Å². The van der Waals surface area contributed by atoms with Gasteiger partial charge in [0.05, 0.1) is 0 Å². The molecule has 0 radical (unpaired) electrons. The molecule has 0 aromatic heterocycles. The summed E-state index contributed by atoms with van der Waals surface area (Å²) in [7, 11) is 0. The normalized spacial score (nSPS) is 17.8. The molecule has 1 heteroatoms. The Bertz CT molecular complexity index is 43.1. The van der Waals surface area contributed by atoms with E-state index in [1.807, 2.05) is 0 Å². The molecular formula is C5H9N. The van der Waals surface area contributed by atoms with E-state index < -0.39 is 0 Å². The first kappa shape index (κ1) is 5.49. The van der Waals surface area contributed by atoms with Crippen LogP contribution in [0.25, 0.3) is 0 Å². The van der Waals surface area contributed by atoms with Crippen LogP contribution in [0.4, 0.5) is 0 Å². The topological polar surface area (TPSA) is 23.8 Å². The Morgan fingerprint density at radius 2 is 1.67 bits per heavy atom. The Hall–Kier alpha value is -0.510. The zero-order valence-corrected chi connectivity index (χ0v) is 4.02. The molecule has 1 rings (SSSR count). The van der Waals surface area contributed by atoms with Crippen molar-refractivity contribution < 1.29 is 0 Å². The summed E-state index contributed by atoms with van der Waals surface area (Å²) in [6.45, 7) is 5.78. The van der Waals surface area contributed by atoms with Crippen molar-refractivity contribution >= 4 is 0 Å². The first-order chi connectivity index (χ1) is 2.89. The van der Waals surface area contributed by atoms with E-state index in [1.54, 1.807) is 0 Å². The van der Waals surface area contributed by atoms with E-state index in [1.165, 1.54) is 12.8 Å². The van der Waals surface area contributed by atoms with Crippen LogP contribution in [0.5, 0.6) is 0 Å². The minimum absolute atomic E-state index is 1.08. The summed E-state index contributed by atoms with van der Waals surface area (Å²) in [4.78, 5) is 0. The van der Waals surface area contributed by atoms with Gasteiger partial charge in [0.2, 0.25) is 0 Å². The molecule has 34 valence electrons. The molecule has 0 saturated heterocycles. The summed E-state index contributed by atoms with van der Waals surface area (Å²) in [5.41, 5.74) is 0. The van der Waals surface area contributed by atoms with Gasteiger partial charge in [-0.05, 0) is 5.92 Å². The molecule has 6 heavy (non-hydrogen) atoms.